The molecule has 0 radical (unpaired) electrons. The van der Waals surface area contributed by atoms with E-state index in [4.69, 9.17) is 16.0 Å². The van der Waals surface area contributed by atoms with E-state index in [1.165, 1.54) is 0 Å². The second kappa shape index (κ2) is 4.46. The van der Waals surface area contributed by atoms with Gasteiger partial charge in [0.2, 0.25) is 5.89 Å². The van der Waals surface area contributed by atoms with Crippen molar-refractivity contribution in [3.05, 3.63) is 5.89 Å². The lowest BCUT2D eigenvalue weighted by Gasteiger charge is -2.06. The lowest BCUT2D eigenvalue weighted by Crippen LogP contribution is -2.13. The van der Waals surface area contributed by atoms with Crippen molar-refractivity contribution in [1.82, 2.24) is 10.2 Å². The van der Waals surface area contributed by atoms with E-state index in [1.54, 1.807) is 6.92 Å². The molecule has 0 bridgehead atoms. The smallest absolute Gasteiger partial charge is 0.315 e. The average molecular weight is 204 g/mol. The van der Waals surface area contributed by atoms with Crippen molar-refractivity contribution in [2.45, 2.75) is 38.6 Å². The van der Waals surface area contributed by atoms with Gasteiger partial charge in [-0.2, -0.15) is 0 Å². The van der Waals surface area contributed by atoms with Crippen LogP contribution in [0.4, 0.5) is 6.01 Å². The molecule has 2 unspecified atom stereocenters. The maximum absolute atomic E-state index is 5.76. The molecular formula is C8H14ClN3O. The molecule has 0 spiro atoms. The van der Waals surface area contributed by atoms with E-state index in [2.05, 4.69) is 22.4 Å². The van der Waals surface area contributed by atoms with Crippen LogP contribution in [0.1, 0.15) is 38.5 Å². The number of anilines is 1. The third kappa shape index (κ3) is 2.88. The van der Waals surface area contributed by atoms with Gasteiger partial charge in [0, 0.05) is 6.04 Å². The van der Waals surface area contributed by atoms with Gasteiger partial charge in [0.15, 0.2) is 0 Å². The van der Waals surface area contributed by atoms with Crippen molar-refractivity contribution >= 4 is 17.6 Å². The number of rotatable bonds is 4. The molecule has 0 aliphatic carbocycles. The molecule has 0 saturated carbocycles. The molecule has 0 aliphatic rings. The number of aromatic nitrogens is 2. The summed E-state index contributed by atoms with van der Waals surface area (Å²) < 4.78 is 5.25. The second-order valence-electron chi connectivity index (χ2n) is 3.02. The van der Waals surface area contributed by atoms with Gasteiger partial charge in [-0.25, -0.2) is 0 Å². The summed E-state index contributed by atoms with van der Waals surface area (Å²) >= 11 is 5.76. The lowest BCUT2D eigenvalue weighted by atomic mass is 10.3. The Morgan fingerprint density at radius 1 is 1.46 bits per heavy atom. The van der Waals surface area contributed by atoms with E-state index < -0.39 is 0 Å². The first-order chi connectivity index (χ1) is 6.13. The molecule has 0 amide bonds. The standard InChI is InChI=1S/C8H14ClN3O/c1-4-5(2)10-8-12-11-7(13-8)6(3)9/h5-6H,4H2,1-3H3,(H,10,12). The van der Waals surface area contributed by atoms with Gasteiger partial charge in [0.05, 0.1) is 0 Å². The van der Waals surface area contributed by atoms with Crippen LogP contribution in [0.2, 0.25) is 0 Å². The molecule has 1 rings (SSSR count). The highest BCUT2D eigenvalue weighted by Gasteiger charge is 2.11. The number of hydrogen-bond acceptors (Lipinski definition) is 4. The topological polar surface area (TPSA) is 51.0 Å². The third-order valence-electron chi connectivity index (χ3n) is 1.76. The van der Waals surface area contributed by atoms with Gasteiger partial charge < -0.3 is 9.73 Å². The van der Waals surface area contributed by atoms with Crippen LogP contribution in [-0.4, -0.2) is 16.2 Å². The molecule has 13 heavy (non-hydrogen) atoms. The summed E-state index contributed by atoms with van der Waals surface area (Å²) in [7, 11) is 0. The molecule has 74 valence electrons. The zero-order valence-electron chi connectivity index (χ0n) is 8.04. The Morgan fingerprint density at radius 2 is 2.15 bits per heavy atom. The number of nitrogens with zero attached hydrogens (tertiary/aromatic N) is 2. The van der Waals surface area contributed by atoms with Crippen molar-refractivity contribution in [2.75, 3.05) is 5.32 Å². The highest BCUT2D eigenvalue weighted by Crippen LogP contribution is 2.19. The summed E-state index contributed by atoms with van der Waals surface area (Å²) in [6.45, 7) is 5.93. The van der Waals surface area contributed by atoms with Crippen LogP contribution >= 0.6 is 11.6 Å². The van der Waals surface area contributed by atoms with E-state index in [-0.39, 0.29) is 5.38 Å². The fraction of sp³-hybridized carbons (Fsp3) is 0.750. The van der Waals surface area contributed by atoms with E-state index in [0.717, 1.165) is 6.42 Å². The molecule has 5 heteroatoms. The van der Waals surface area contributed by atoms with Crippen LogP contribution in [0, 0.1) is 0 Å². The Morgan fingerprint density at radius 3 is 2.62 bits per heavy atom. The summed E-state index contributed by atoms with van der Waals surface area (Å²) in [5.74, 6) is 0.451. The quantitative estimate of drug-likeness (QED) is 0.765. The van der Waals surface area contributed by atoms with Crippen molar-refractivity contribution in [1.29, 1.82) is 0 Å². The van der Waals surface area contributed by atoms with Gasteiger partial charge >= 0.3 is 6.01 Å². The highest BCUT2D eigenvalue weighted by atomic mass is 35.5. The monoisotopic (exact) mass is 203 g/mol. The summed E-state index contributed by atoms with van der Waals surface area (Å²) in [5.41, 5.74) is 0. The van der Waals surface area contributed by atoms with Crippen LogP contribution in [0.25, 0.3) is 0 Å². The molecule has 2 atom stereocenters. The van der Waals surface area contributed by atoms with Crippen LogP contribution in [0.15, 0.2) is 4.42 Å². The first-order valence-electron chi connectivity index (χ1n) is 4.37. The minimum atomic E-state index is -0.236. The molecule has 0 fully saturated rings. The Bertz CT molecular complexity index is 262. The van der Waals surface area contributed by atoms with E-state index in [9.17, 15) is 0 Å². The highest BCUT2D eigenvalue weighted by molar-refractivity contribution is 6.20. The molecule has 1 heterocycles. The number of hydrogen-bond donors (Lipinski definition) is 1. The number of halogens is 1. The van der Waals surface area contributed by atoms with Crippen molar-refractivity contribution in [3.8, 4) is 0 Å². The van der Waals surface area contributed by atoms with Gasteiger partial charge in [0.25, 0.3) is 0 Å². The number of alkyl halides is 1. The van der Waals surface area contributed by atoms with Crippen molar-refractivity contribution < 1.29 is 4.42 Å². The molecule has 0 aliphatic heterocycles. The zero-order valence-corrected chi connectivity index (χ0v) is 8.80. The van der Waals surface area contributed by atoms with E-state index in [1.807, 2.05) is 6.92 Å². The predicted octanol–water partition coefficient (Wildman–Crippen LogP) is 2.58. The van der Waals surface area contributed by atoms with Gasteiger partial charge in [0.1, 0.15) is 5.38 Å². The fourth-order valence-corrected chi connectivity index (χ4v) is 0.855. The minimum absolute atomic E-state index is 0.236. The molecule has 4 nitrogen and oxygen atoms in total. The van der Waals surface area contributed by atoms with Crippen LogP contribution < -0.4 is 5.32 Å². The lowest BCUT2D eigenvalue weighted by molar-refractivity contribution is 0.500. The largest absolute Gasteiger partial charge is 0.406 e. The summed E-state index contributed by atoms with van der Waals surface area (Å²) in [6.07, 6.45) is 1.01. The normalized spacial score (nSPS) is 15.4. The molecule has 1 aromatic heterocycles. The van der Waals surface area contributed by atoms with Crippen LogP contribution in [0.3, 0.4) is 0 Å². The van der Waals surface area contributed by atoms with Gasteiger partial charge in [-0.1, -0.05) is 12.0 Å². The van der Waals surface area contributed by atoms with Crippen LogP contribution in [-0.2, 0) is 0 Å². The summed E-state index contributed by atoms with van der Waals surface area (Å²) in [4.78, 5) is 0. The Labute approximate surface area is 82.7 Å². The molecule has 0 aromatic carbocycles. The van der Waals surface area contributed by atoms with Crippen molar-refractivity contribution in [3.63, 3.8) is 0 Å². The maximum atomic E-state index is 5.76. The fourth-order valence-electron chi connectivity index (χ4n) is 0.766. The van der Waals surface area contributed by atoms with Gasteiger partial charge in [-0.15, -0.1) is 16.7 Å². The van der Waals surface area contributed by atoms with E-state index in [0.29, 0.717) is 17.9 Å². The van der Waals surface area contributed by atoms with E-state index >= 15 is 0 Å². The van der Waals surface area contributed by atoms with Crippen molar-refractivity contribution in [2.24, 2.45) is 0 Å². The first kappa shape index (κ1) is 10.3. The van der Waals surface area contributed by atoms with Crippen LogP contribution in [0.5, 0.6) is 0 Å². The molecule has 0 saturated heterocycles. The number of nitrogens with one attached hydrogen (secondary N) is 1. The zero-order chi connectivity index (χ0) is 9.84. The SMILES string of the molecule is CCC(C)Nc1nnc(C(C)Cl)o1. The summed E-state index contributed by atoms with van der Waals surface area (Å²) in [6, 6.07) is 0.774. The Kier molecular flexibility index (Phi) is 3.54. The molecule has 1 N–H and O–H groups in total. The predicted molar refractivity (Wildman–Crippen MR) is 51.9 cm³/mol. The van der Waals surface area contributed by atoms with Gasteiger partial charge in [-0.3, -0.25) is 0 Å². The Balaban J connectivity index is 2.58. The third-order valence-corrected chi connectivity index (χ3v) is 1.95. The molecular weight excluding hydrogens is 190 g/mol. The minimum Gasteiger partial charge on any atom is -0.406 e. The second-order valence-corrected chi connectivity index (χ2v) is 3.67. The Hall–Kier alpha value is -0.770. The van der Waals surface area contributed by atoms with Gasteiger partial charge in [-0.05, 0) is 20.3 Å². The first-order valence-corrected chi connectivity index (χ1v) is 4.81. The maximum Gasteiger partial charge on any atom is 0.315 e. The summed E-state index contributed by atoms with van der Waals surface area (Å²) in [5, 5.41) is 10.4. The molecule has 1 aromatic rings. The average Bonchev–Trinajstić information content (AvgIpc) is 2.52.